The minimum atomic E-state index is -0.161. The van der Waals surface area contributed by atoms with Crippen molar-refractivity contribution in [1.29, 1.82) is 5.41 Å². The molecular formula is C21H27N5O2. The van der Waals surface area contributed by atoms with Crippen LogP contribution in [0.15, 0.2) is 24.4 Å². The third-order valence-corrected chi connectivity index (χ3v) is 6.03. The number of aromatic nitrogens is 2. The molecule has 7 nitrogen and oxygen atoms in total. The van der Waals surface area contributed by atoms with Gasteiger partial charge in [-0.05, 0) is 37.7 Å². The highest BCUT2D eigenvalue weighted by Gasteiger charge is 2.41. The molecule has 2 aliphatic rings. The number of ether oxygens (including phenoxy) is 1. The number of aliphatic hydroxyl groups is 1. The molecule has 0 saturated carbocycles. The van der Waals surface area contributed by atoms with Crippen LogP contribution in [0.1, 0.15) is 37.4 Å². The summed E-state index contributed by atoms with van der Waals surface area (Å²) in [6.45, 7) is 4.64. The Morgan fingerprint density at radius 1 is 1.39 bits per heavy atom. The lowest BCUT2D eigenvalue weighted by atomic mass is 9.77. The second-order valence-electron chi connectivity index (χ2n) is 7.98. The van der Waals surface area contributed by atoms with Gasteiger partial charge in [0.2, 0.25) is 0 Å². The number of benzene rings is 1. The van der Waals surface area contributed by atoms with Crippen molar-refractivity contribution >= 4 is 17.7 Å². The second kappa shape index (κ2) is 7.48. The molecule has 3 heterocycles. The molecule has 2 saturated heterocycles. The van der Waals surface area contributed by atoms with E-state index in [4.69, 9.17) is 15.9 Å². The number of rotatable bonds is 4. The standard InChI is InChI=1S/C21H27N5O2/c1-14-9-21(13-28-14)4-6-26(7-5-21)20-19(12-27)25-18(11-24-20)15-2-3-16(10-22)17(23)8-15/h2-3,8,10-11,14,22,27H,4-7,9,12-13,23H2,1H3/t14-/m0/s1. The van der Waals surface area contributed by atoms with Crippen molar-refractivity contribution in [3.05, 3.63) is 35.7 Å². The largest absolute Gasteiger partial charge is 0.398 e. The van der Waals surface area contributed by atoms with E-state index in [-0.39, 0.29) is 6.61 Å². The topological polar surface area (TPSA) is 108 Å². The lowest BCUT2D eigenvalue weighted by molar-refractivity contribution is 0.0975. The molecule has 2 aromatic rings. The Balaban J connectivity index is 1.55. The molecule has 148 valence electrons. The summed E-state index contributed by atoms with van der Waals surface area (Å²) in [4.78, 5) is 11.5. The minimum absolute atomic E-state index is 0.161. The maximum atomic E-state index is 9.89. The van der Waals surface area contributed by atoms with Crippen LogP contribution in [-0.2, 0) is 11.3 Å². The summed E-state index contributed by atoms with van der Waals surface area (Å²) in [7, 11) is 0. The maximum Gasteiger partial charge on any atom is 0.152 e. The first-order chi connectivity index (χ1) is 13.5. The predicted molar refractivity (Wildman–Crippen MR) is 110 cm³/mol. The van der Waals surface area contributed by atoms with Crippen molar-refractivity contribution in [2.45, 2.75) is 38.9 Å². The number of nitrogen functional groups attached to an aromatic ring is 1. The number of piperidine rings is 1. The Kier molecular flexibility index (Phi) is 5.03. The summed E-state index contributed by atoms with van der Waals surface area (Å²) in [5.74, 6) is 0.761. The van der Waals surface area contributed by atoms with E-state index < -0.39 is 0 Å². The molecule has 1 atom stereocenters. The van der Waals surface area contributed by atoms with E-state index >= 15 is 0 Å². The Labute approximate surface area is 165 Å². The van der Waals surface area contributed by atoms with Gasteiger partial charge in [-0.2, -0.15) is 0 Å². The molecule has 1 aromatic heterocycles. The van der Waals surface area contributed by atoms with Crippen LogP contribution in [0, 0.1) is 10.8 Å². The van der Waals surface area contributed by atoms with Crippen molar-refractivity contribution < 1.29 is 9.84 Å². The van der Waals surface area contributed by atoms with Gasteiger partial charge in [0.15, 0.2) is 5.82 Å². The zero-order chi connectivity index (χ0) is 19.7. The van der Waals surface area contributed by atoms with Gasteiger partial charge in [0.1, 0.15) is 5.69 Å². The Morgan fingerprint density at radius 3 is 2.79 bits per heavy atom. The van der Waals surface area contributed by atoms with E-state index in [0.717, 1.165) is 50.3 Å². The predicted octanol–water partition coefficient (Wildman–Crippen LogP) is 2.61. The van der Waals surface area contributed by atoms with E-state index in [1.165, 1.54) is 6.21 Å². The third kappa shape index (κ3) is 3.47. The normalized spacial score (nSPS) is 21.2. The molecule has 0 amide bonds. The fourth-order valence-corrected chi connectivity index (χ4v) is 4.38. The number of hydrogen-bond donors (Lipinski definition) is 3. The number of nitrogens with two attached hydrogens (primary N) is 1. The zero-order valence-corrected chi connectivity index (χ0v) is 16.2. The Bertz CT molecular complexity index is 877. The summed E-state index contributed by atoms with van der Waals surface area (Å²) in [5, 5.41) is 17.2. The van der Waals surface area contributed by atoms with Gasteiger partial charge in [-0.1, -0.05) is 12.1 Å². The highest BCUT2D eigenvalue weighted by atomic mass is 16.5. The van der Waals surface area contributed by atoms with Crippen molar-refractivity contribution in [1.82, 2.24) is 9.97 Å². The molecular weight excluding hydrogens is 354 g/mol. The minimum Gasteiger partial charge on any atom is -0.398 e. The molecule has 0 aliphatic carbocycles. The van der Waals surface area contributed by atoms with Gasteiger partial charge in [-0.15, -0.1) is 0 Å². The first kappa shape index (κ1) is 18.8. The monoisotopic (exact) mass is 381 g/mol. The second-order valence-corrected chi connectivity index (χ2v) is 7.98. The van der Waals surface area contributed by atoms with Crippen molar-refractivity contribution in [2.75, 3.05) is 30.3 Å². The summed E-state index contributed by atoms with van der Waals surface area (Å²) >= 11 is 0. The average Bonchev–Trinajstić information content (AvgIpc) is 3.08. The lowest BCUT2D eigenvalue weighted by Crippen LogP contribution is -2.41. The molecule has 7 heteroatoms. The Hall–Kier alpha value is -2.51. The lowest BCUT2D eigenvalue weighted by Gasteiger charge is -2.39. The van der Waals surface area contributed by atoms with E-state index in [1.54, 1.807) is 18.3 Å². The van der Waals surface area contributed by atoms with E-state index in [0.29, 0.717) is 34.2 Å². The van der Waals surface area contributed by atoms with Gasteiger partial charge in [0.25, 0.3) is 0 Å². The van der Waals surface area contributed by atoms with Crippen molar-refractivity contribution in [2.24, 2.45) is 5.41 Å². The van der Waals surface area contributed by atoms with E-state index in [1.807, 2.05) is 6.07 Å². The summed E-state index contributed by atoms with van der Waals surface area (Å²) in [6, 6.07) is 5.45. The van der Waals surface area contributed by atoms with Crippen LogP contribution in [-0.4, -0.2) is 47.1 Å². The SMILES string of the molecule is C[C@H]1CC2(CCN(c3ncc(-c4ccc(C=N)c(N)c4)nc3CO)CC2)CO1. The summed E-state index contributed by atoms with van der Waals surface area (Å²) < 4.78 is 5.81. The highest BCUT2D eigenvalue weighted by Crippen LogP contribution is 2.42. The van der Waals surface area contributed by atoms with Crippen LogP contribution in [0.2, 0.25) is 0 Å². The van der Waals surface area contributed by atoms with Gasteiger partial charge < -0.3 is 25.9 Å². The first-order valence-corrected chi connectivity index (χ1v) is 9.77. The van der Waals surface area contributed by atoms with Crippen LogP contribution in [0.3, 0.4) is 0 Å². The van der Waals surface area contributed by atoms with Gasteiger partial charge in [-0.3, -0.25) is 0 Å². The molecule has 0 radical (unpaired) electrons. The number of anilines is 2. The summed E-state index contributed by atoms with van der Waals surface area (Å²) in [5.41, 5.74) is 9.56. The van der Waals surface area contributed by atoms with E-state index in [9.17, 15) is 5.11 Å². The zero-order valence-electron chi connectivity index (χ0n) is 16.2. The van der Waals surface area contributed by atoms with Gasteiger partial charge in [-0.25, -0.2) is 9.97 Å². The third-order valence-electron chi connectivity index (χ3n) is 6.03. The molecule has 1 spiro atoms. The smallest absolute Gasteiger partial charge is 0.152 e. The molecule has 0 bridgehead atoms. The molecule has 4 rings (SSSR count). The van der Waals surface area contributed by atoms with Crippen molar-refractivity contribution in [3.63, 3.8) is 0 Å². The number of nitrogens with zero attached hydrogens (tertiary/aromatic N) is 3. The first-order valence-electron chi connectivity index (χ1n) is 9.77. The summed E-state index contributed by atoms with van der Waals surface area (Å²) in [6.07, 6.45) is 6.60. The maximum absolute atomic E-state index is 9.89. The molecule has 28 heavy (non-hydrogen) atoms. The highest BCUT2D eigenvalue weighted by molar-refractivity contribution is 5.86. The number of aliphatic hydroxyl groups excluding tert-OH is 1. The van der Waals surface area contributed by atoms with Crippen LogP contribution in [0.5, 0.6) is 0 Å². The van der Waals surface area contributed by atoms with Gasteiger partial charge in [0, 0.05) is 36.1 Å². The molecule has 1 aromatic carbocycles. The van der Waals surface area contributed by atoms with Crippen LogP contribution >= 0.6 is 0 Å². The van der Waals surface area contributed by atoms with E-state index in [2.05, 4.69) is 21.8 Å². The van der Waals surface area contributed by atoms with Crippen LogP contribution in [0.25, 0.3) is 11.3 Å². The number of nitrogens with one attached hydrogen (secondary N) is 1. The van der Waals surface area contributed by atoms with Crippen LogP contribution in [0.4, 0.5) is 11.5 Å². The van der Waals surface area contributed by atoms with Crippen molar-refractivity contribution in [3.8, 4) is 11.3 Å². The van der Waals surface area contributed by atoms with Crippen LogP contribution < -0.4 is 10.6 Å². The number of hydrogen-bond acceptors (Lipinski definition) is 7. The fourth-order valence-electron chi connectivity index (χ4n) is 4.38. The fraction of sp³-hybridized carbons (Fsp3) is 0.476. The average molecular weight is 381 g/mol. The van der Waals surface area contributed by atoms with Gasteiger partial charge in [0.05, 0.1) is 31.2 Å². The molecule has 2 aliphatic heterocycles. The molecule has 0 unspecified atom stereocenters. The van der Waals surface area contributed by atoms with Gasteiger partial charge >= 0.3 is 0 Å². The Morgan fingerprint density at radius 2 is 2.18 bits per heavy atom. The molecule has 2 fully saturated rings. The molecule has 4 N–H and O–H groups in total. The quantitative estimate of drug-likeness (QED) is 0.555.